The number of hydrogen-bond acceptors (Lipinski definition) is 3. The number of aromatic amines is 2. The van der Waals surface area contributed by atoms with Gasteiger partial charge in [0.2, 0.25) is 0 Å². The Bertz CT molecular complexity index is 1310. The van der Waals surface area contributed by atoms with Crippen molar-refractivity contribution in [2.24, 2.45) is 7.05 Å². The zero-order valence-corrected chi connectivity index (χ0v) is 17.2. The van der Waals surface area contributed by atoms with E-state index in [1.165, 1.54) is 23.1 Å². The Morgan fingerprint density at radius 2 is 2.17 bits per heavy atom. The molecule has 0 atom stereocenters. The van der Waals surface area contributed by atoms with Crippen LogP contribution in [0.2, 0.25) is 0 Å². The van der Waals surface area contributed by atoms with Crippen molar-refractivity contribution in [3.63, 3.8) is 0 Å². The maximum Gasteiger partial charge on any atom is 0.116 e. The summed E-state index contributed by atoms with van der Waals surface area (Å²) in [7, 11) is 1.91. The second-order valence-electron chi connectivity index (χ2n) is 7.75. The van der Waals surface area contributed by atoms with Crippen molar-refractivity contribution in [2.45, 2.75) is 26.2 Å². The Morgan fingerprint density at radius 1 is 1.27 bits per heavy atom. The fourth-order valence-corrected chi connectivity index (χ4v) is 4.20. The second kappa shape index (κ2) is 7.30. The van der Waals surface area contributed by atoms with Gasteiger partial charge in [-0.25, -0.2) is 0 Å². The molecule has 0 aliphatic heterocycles. The molecule has 30 heavy (non-hydrogen) atoms. The van der Waals surface area contributed by atoms with E-state index in [0.29, 0.717) is 0 Å². The highest BCUT2D eigenvalue weighted by Crippen LogP contribution is 2.36. The molecular formula is C24H24N6. The van der Waals surface area contributed by atoms with Crippen LogP contribution in [0.1, 0.15) is 30.5 Å². The minimum Gasteiger partial charge on any atom is -0.357 e. The maximum absolute atomic E-state index is 4.59. The van der Waals surface area contributed by atoms with Gasteiger partial charge in [-0.2, -0.15) is 10.2 Å². The number of aromatic nitrogens is 6. The van der Waals surface area contributed by atoms with Gasteiger partial charge in [-0.3, -0.25) is 14.8 Å². The monoisotopic (exact) mass is 396 g/mol. The van der Waals surface area contributed by atoms with Crippen LogP contribution in [-0.4, -0.2) is 29.9 Å². The topological polar surface area (TPSA) is 75.2 Å². The van der Waals surface area contributed by atoms with Crippen molar-refractivity contribution < 1.29 is 0 Å². The molecule has 2 N–H and O–H groups in total. The van der Waals surface area contributed by atoms with E-state index >= 15 is 0 Å². The Hall–Kier alpha value is -3.67. The zero-order chi connectivity index (χ0) is 20.7. The lowest BCUT2D eigenvalue weighted by atomic mass is 9.96. The van der Waals surface area contributed by atoms with Crippen molar-refractivity contribution in [1.82, 2.24) is 29.9 Å². The van der Waals surface area contributed by atoms with E-state index in [4.69, 9.17) is 0 Å². The minimum atomic E-state index is 0.880. The van der Waals surface area contributed by atoms with Crippen LogP contribution in [0, 0.1) is 6.92 Å². The molecule has 5 rings (SSSR count). The lowest BCUT2D eigenvalue weighted by Crippen LogP contribution is -1.88. The molecule has 0 saturated carbocycles. The molecule has 150 valence electrons. The largest absolute Gasteiger partial charge is 0.357 e. The van der Waals surface area contributed by atoms with Gasteiger partial charge < -0.3 is 4.98 Å². The lowest BCUT2D eigenvalue weighted by Gasteiger charge is -2.07. The number of nitrogens with zero attached hydrogens (tertiary/aromatic N) is 4. The summed E-state index contributed by atoms with van der Waals surface area (Å²) in [6, 6.07) is 4.27. The van der Waals surface area contributed by atoms with Gasteiger partial charge in [0.25, 0.3) is 0 Å². The smallest absolute Gasteiger partial charge is 0.116 e. The lowest BCUT2D eigenvalue weighted by molar-refractivity contribution is 0.768. The standard InChI is InChI=1S/C24H24N6/c1-4-7-18(16-8-5-6-9-16)19-10-22(27-15(19)2)24-20-11-21(17-12-26-30(3)14-17)25-13-23(20)28-29-24/h4,7-8,10-14,27H,1,5-6,9H2,2-3H3,(H,28,29)/b18-7-. The van der Waals surface area contributed by atoms with Crippen molar-refractivity contribution in [1.29, 1.82) is 0 Å². The van der Waals surface area contributed by atoms with Crippen LogP contribution in [0.5, 0.6) is 0 Å². The first-order valence-corrected chi connectivity index (χ1v) is 10.2. The summed E-state index contributed by atoms with van der Waals surface area (Å²) < 4.78 is 1.78. The third kappa shape index (κ3) is 3.10. The summed E-state index contributed by atoms with van der Waals surface area (Å²) >= 11 is 0. The first-order chi connectivity index (χ1) is 14.6. The molecule has 1 aliphatic rings. The van der Waals surface area contributed by atoms with Crippen LogP contribution in [0.3, 0.4) is 0 Å². The number of hydrogen-bond donors (Lipinski definition) is 2. The van der Waals surface area contributed by atoms with E-state index in [-0.39, 0.29) is 0 Å². The van der Waals surface area contributed by atoms with Crippen molar-refractivity contribution in [3.8, 4) is 22.6 Å². The molecule has 0 radical (unpaired) electrons. The number of allylic oxidation sites excluding steroid dienone is 5. The maximum atomic E-state index is 4.59. The number of H-pyrrole nitrogens is 2. The van der Waals surface area contributed by atoms with E-state index in [0.717, 1.165) is 52.1 Å². The Balaban J connectivity index is 1.60. The molecule has 0 saturated heterocycles. The van der Waals surface area contributed by atoms with Crippen LogP contribution in [0.4, 0.5) is 0 Å². The van der Waals surface area contributed by atoms with Crippen LogP contribution in [0.15, 0.2) is 61.1 Å². The van der Waals surface area contributed by atoms with Crippen molar-refractivity contribution in [3.05, 3.63) is 72.4 Å². The summed E-state index contributed by atoms with van der Waals surface area (Å²) in [5.41, 5.74) is 9.64. The number of nitrogens with one attached hydrogen (secondary N) is 2. The summed E-state index contributed by atoms with van der Waals surface area (Å²) in [6.45, 7) is 6.03. The van der Waals surface area contributed by atoms with Gasteiger partial charge in [0, 0.05) is 35.5 Å². The molecule has 0 spiro atoms. The van der Waals surface area contributed by atoms with Crippen LogP contribution in [0.25, 0.3) is 39.1 Å². The third-order valence-electron chi connectivity index (χ3n) is 5.68. The third-order valence-corrected chi connectivity index (χ3v) is 5.68. The van der Waals surface area contributed by atoms with Gasteiger partial charge in [0.15, 0.2) is 0 Å². The summed E-state index contributed by atoms with van der Waals surface area (Å²) in [5, 5.41) is 13.0. The van der Waals surface area contributed by atoms with Crippen molar-refractivity contribution >= 4 is 16.5 Å². The second-order valence-corrected chi connectivity index (χ2v) is 7.75. The average molecular weight is 396 g/mol. The SMILES string of the molecule is C=C/C=C(/C1=CCCC1)c1cc(-c2n[nH]c3cnc(-c4cnn(C)c4)cc23)[nH]c1C. The number of aryl methyl sites for hydroxylation is 2. The molecule has 0 bridgehead atoms. The quantitative estimate of drug-likeness (QED) is 0.447. The Labute approximate surface area is 175 Å². The molecule has 0 aromatic carbocycles. The normalized spacial score (nSPS) is 14.5. The molecule has 6 heteroatoms. The van der Waals surface area contributed by atoms with Crippen LogP contribution in [-0.2, 0) is 7.05 Å². The van der Waals surface area contributed by atoms with Gasteiger partial charge in [-0.05, 0) is 49.5 Å². The Morgan fingerprint density at radius 3 is 2.90 bits per heavy atom. The molecule has 4 heterocycles. The van der Waals surface area contributed by atoms with E-state index < -0.39 is 0 Å². The van der Waals surface area contributed by atoms with Gasteiger partial charge in [-0.1, -0.05) is 24.8 Å². The molecule has 4 aromatic heterocycles. The van der Waals surface area contributed by atoms with E-state index in [2.05, 4.69) is 63.1 Å². The van der Waals surface area contributed by atoms with Crippen LogP contribution >= 0.6 is 0 Å². The summed E-state index contributed by atoms with van der Waals surface area (Å²) in [5.74, 6) is 0. The highest BCUT2D eigenvalue weighted by molar-refractivity contribution is 5.95. The summed E-state index contributed by atoms with van der Waals surface area (Å²) in [4.78, 5) is 8.11. The highest BCUT2D eigenvalue weighted by Gasteiger charge is 2.18. The van der Waals surface area contributed by atoms with Crippen LogP contribution < -0.4 is 0 Å². The van der Waals surface area contributed by atoms with Crippen molar-refractivity contribution in [2.75, 3.05) is 0 Å². The fraction of sp³-hybridized carbons (Fsp3) is 0.208. The van der Waals surface area contributed by atoms with Gasteiger partial charge in [-0.15, -0.1) is 0 Å². The molecule has 0 fully saturated rings. The van der Waals surface area contributed by atoms with E-state index in [1.54, 1.807) is 4.68 Å². The number of pyridine rings is 1. The minimum absolute atomic E-state index is 0.880. The first-order valence-electron chi connectivity index (χ1n) is 10.2. The van der Waals surface area contributed by atoms with E-state index in [9.17, 15) is 0 Å². The average Bonchev–Trinajstić information content (AvgIpc) is 3.52. The van der Waals surface area contributed by atoms with Gasteiger partial charge in [0.05, 0.1) is 29.3 Å². The number of rotatable bonds is 5. The summed E-state index contributed by atoms with van der Waals surface area (Å²) in [6.07, 6.45) is 15.4. The predicted molar refractivity (Wildman–Crippen MR) is 121 cm³/mol. The van der Waals surface area contributed by atoms with E-state index in [1.807, 2.05) is 31.7 Å². The Kier molecular flexibility index (Phi) is 4.47. The van der Waals surface area contributed by atoms with Gasteiger partial charge in [0.1, 0.15) is 5.69 Å². The van der Waals surface area contributed by atoms with Gasteiger partial charge >= 0.3 is 0 Å². The predicted octanol–water partition coefficient (Wildman–Crippen LogP) is 5.34. The molecular weight excluding hydrogens is 372 g/mol. The fourth-order valence-electron chi connectivity index (χ4n) is 4.20. The number of fused-ring (bicyclic) bond motifs is 1. The zero-order valence-electron chi connectivity index (χ0n) is 17.2. The molecule has 6 nitrogen and oxygen atoms in total. The molecule has 1 aliphatic carbocycles. The highest BCUT2D eigenvalue weighted by atomic mass is 15.2. The first kappa shape index (κ1) is 18.4. The molecule has 0 amide bonds. The molecule has 0 unspecified atom stereocenters. The molecule has 4 aromatic rings.